The second-order valence-corrected chi connectivity index (χ2v) is 7.19. The predicted molar refractivity (Wildman–Crippen MR) is 89.5 cm³/mol. The number of carbonyl (C=O) groups is 1. The molecule has 3 rings (SSSR count). The fourth-order valence-corrected chi connectivity index (χ4v) is 4.00. The third-order valence-corrected chi connectivity index (χ3v) is 5.35. The standard InChI is InChI=1S/C15H10ClNO3S2/c16-8-1-4-14-11(5-8)17-15(22-14)21-7-13(20)10-3-2-9(18)6-12(10)19/h1-6,18-19H,7H2. The van der Waals surface area contributed by atoms with E-state index >= 15 is 0 Å². The van der Waals surface area contributed by atoms with E-state index in [0.717, 1.165) is 20.6 Å². The number of Topliss-reactive ketones (excluding diaryl/α,β-unsaturated/α-hetero) is 1. The lowest BCUT2D eigenvalue weighted by Gasteiger charge is -2.03. The smallest absolute Gasteiger partial charge is 0.176 e. The van der Waals surface area contributed by atoms with Gasteiger partial charge in [-0.05, 0) is 30.3 Å². The van der Waals surface area contributed by atoms with Crippen molar-refractivity contribution in [3.8, 4) is 11.5 Å². The van der Waals surface area contributed by atoms with Gasteiger partial charge >= 0.3 is 0 Å². The van der Waals surface area contributed by atoms with Crippen LogP contribution in [0.1, 0.15) is 10.4 Å². The van der Waals surface area contributed by atoms with E-state index in [0.29, 0.717) is 5.02 Å². The van der Waals surface area contributed by atoms with E-state index in [9.17, 15) is 15.0 Å². The zero-order valence-corrected chi connectivity index (χ0v) is 13.5. The van der Waals surface area contributed by atoms with E-state index in [-0.39, 0.29) is 28.6 Å². The summed E-state index contributed by atoms with van der Waals surface area (Å²) in [6.07, 6.45) is 0. The van der Waals surface area contributed by atoms with Crippen molar-refractivity contribution in [3.63, 3.8) is 0 Å². The SMILES string of the molecule is O=C(CSc1nc2cc(Cl)ccc2s1)c1ccc(O)cc1O. The van der Waals surface area contributed by atoms with Crippen molar-refractivity contribution in [1.29, 1.82) is 0 Å². The second kappa shape index (κ2) is 6.16. The summed E-state index contributed by atoms with van der Waals surface area (Å²) >= 11 is 8.72. The fourth-order valence-electron chi connectivity index (χ4n) is 1.90. The molecule has 4 nitrogen and oxygen atoms in total. The highest BCUT2D eigenvalue weighted by Gasteiger charge is 2.13. The van der Waals surface area contributed by atoms with Crippen molar-refractivity contribution in [2.45, 2.75) is 4.34 Å². The van der Waals surface area contributed by atoms with Crippen LogP contribution in [0.5, 0.6) is 11.5 Å². The van der Waals surface area contributed by atoms with Crippen LogP contribution in [0.25, 0.3) is 10.2 Å². The number of phenols is 2. The van der Waals surface area contributed by atoms with E-state index in [1.54, 1.807) is 12.1 Å². The molecule has 112 valence electrons. The Morgan fingerprint density at radius 3 is 2.82 bits per heavy atom. The largest absolute Gasteiger partial charge is 0.508 e. The van der Waals surface area contributed by atoms with E-state index in [1.165, 1.54) is 35.2 Å². The number of rotatable bonds is 4. The van der Waals surface area contributed by atoms with Gasteiger partial charge in [-0.2, -0.15) is 0 Å². The van der Waals surface area contributed by atoms with Crippen LogP contribution in [0.4, 0.5) is 0 Å². The number of aromatic hydroxyl groups is 2. The predicted octanol–water partition coefficient (Wildman–Crippen LogP) is 4.34. The maximum absolute atomic E-state index is 12.1. The summed E-state index contributed by atoms with van der Waals surface area (Å²) in [5.74, 6) is -0.363. The number of benzene rings is 2. The summed E-state index contributed by atoms with van der Waals surface area (Å²) in [4.78, 5) is 16.5. The molecule has 0 radical (unpaired) electrons. The Bertz CT molecular complexity index is 863. The molecule has 0 aliphatic rings. The number of hydrogen-bond acceptors (Lipinski definition) is 6. The molecule has 7 heteroatoms. The lowest BCUT2D eigenvalue weighted by atomic mass is 10.1. The zero-order chi connectivity index (χ0) is 15.7. The second-order valence-electron chi connectivity index (χ2n) is 4.51. The summed E-state index contributed by atoms with van der Waals surface area (Å²) in [6, 6.07) is 9.41. The quantitative estimate of drug-likeness (QED) is 0.540. The van der Waals surface area contributed by atoms with Gasteiger partial charge in [-0.3, -0.25) is 4.79 Å². The molecular weight excluding hydrogens is 342 g/mol. The molecule has 0 bridgehead atoms. The van der Waals surface area contributed by atoms with Gasteiger partial charge in [0.15, 0.2) is 10.1 Å². The van der Waals surface area contributed by atoms with Gasteiger partial charge in [0, 0.05) is 11.1 Å². The highest BCUT2D eigenvalue weighted by atomic mass is 35.5. The number of thiazole rings is 1. The molecule has 0 saturated carbocycles. The highest BCUT2D eigenvalue weighted by Crippen LogP contribution is 2.32. The third kappa shape index (κ3) is 3.19. The van der Waals surface area contributed by atoms with Crippen LogP contribution >= 0.6 is 34.7 Å². The number of nitrogens with zero attached hydrogens (tertiary/aromatic N) is 1. The minimum Gasteiger partial charge on any atom is -0.508 e. The molecular formula is C15H10ClNO3S2. The molecule has 0 atom stereocenters. The van der Waals surface area contributed by atoms with Crippen LogP contribution in [0.15, 0.2) is 40.7 Å². The lowest BCUT2D eigenvalue weighted by molar-refractivity contribution is 0.102. The molecule has 0 aliphatic carbocycles. The Kier molecular flexibility index (Phi) is 4.24. The van der Waals surface area contributed by atoms with Crippen molar-refractivity contribution in [3.05, 3.63) is 47.0 Å². The zero-order valence-electron chi connectivity index (χ0n) is 11.1. The number of thioether (sulfide) groups is 1. The monoisotopic (exact) mass is 351 g/mol. The van der Waals surface area contributed by atoms with Crippen LogP contribution < -0.4 is 0 Å². The number of fused-ring (bicyclic) bond motifs is 1. The average Bonchev–Trinajstić information content (AvgIpc) is 2.86. The summed E-state index contributed by atoms with van der Waals surface area (Å²) in [6.45, 7) is 0. The molecule has 0 saturated heterocycles. The van der Waals surface area contributed by atoms with Crippen molar-refractivity contribution in [2.75, 3.05) is 5.75 Å². The average molecular weight is 352 g/mol. The number of phenolic OH excluding ortho intramolecular Hbond substituents is 2. The molecule has 0 fully saturated rings. The van der Waals surface area contributed by atoms with Crippen LogP contribution in [0, 0.1) is 0 Å². The topological polar surface area (TPSA) is 70.4 Å². The first kappa shape index (κ1) is 15.1. The maximum atomic E-state index is 12.1. The van der Waals surface area contributed by atoms with Crippen molar-refractivity contribution in [1.82, 2.24) is 4.98 Å². The molecule has 1 aromatic heterocycles. The molecule has 0 spiro atoms. The van der Waals surface area contributed by atoms with Gasteiger partial charge in [0.25, 0.3) is 0 Å². The molecule has 3 aromatic rings. The number of halogens is 1. The first-order chi connectivity index (χ1) is 10.5. The Morgan fingerprint density at radius 1 is 1.23 bits per heavy atom. The molecule has 22 heavy (non-hydrogen) atoms. The number of ketones is 1. The Morgan fingerprint density at radius 2 is 2.05 bits per heavy atom. The summed E-state index contributed by atoms with van der Waals surface area (Å²) in [7, 11) is 0. The normalized spacial score (nSPS) is 11.0. The molecule has 0 amide bonds. The van der Waals surface area contributed by atoms with Gasteiger partial charge in [-0.1, -0.05) is 23.4 Å². The Hall–Kier alpha value is -1.76. The minimum atomic E-state index is -0.222. The van der Waals surface area contributed by atoms with Crippen LogP contribution in [-0.2, 0) is 0 Å². The number of aromatic nitrogens is 1. The van der Waals surface area contributed by atoms with Gasteiger partial charge in [0.2, 0.25) is 0 Å². The van der Waals surface area contributed by atoms with E-state index in [4.69, 9.17) is 11.6 Å². The van der Waals surface area contributed by atoms with Gasteiger partial charge < -0.3 is 10.2 Å². The van der Waals surface area contributed by atoms with E-state index in [2.05, 4.69) is 4.98 Å². The molecule has 2 aromatic carbocycles. The maximum Gasteiger partial charge on any atom is 0.176 e. The first-order valence-electron chi connectivity index (χ1n) is 6.27. The summed E-state index contributed by atoms with van der Waals surface area (Å²) < 4.78 is 1.77. The highest BCUT2D eigenvalue weighted by molar-refractivity contribution is 8.01. The van der Waals surface area contributed by atoms with Crippen LogP contribution in [0.2, 0.25) is 5.02 Å². The van der Waals surface area contributed by atoms with E-state index in [1.807, 2.05) is 6.07 Å². The Labute approximate surface area is 139 Å². The van der Waals surface area contributed by atoms with Crippen LogP contribution in [0.3, 0.4) is 0 Å². The fraction of sp³-hybridized carbons (Fsp3) is 0.0667. The molecule has 0 unspecified atom stereocenters. The summed E-state index contributed by atoms with van der Waals surface area (Å²) in [5, 5.41) is 19.5. The van der Waals surface area contributed by atoms with Crippen LogP contribution in [-0.4, -0.2) is 26.7 Å². The van der Waals surface area contributed by atoms with Crippen molar-refractivity contribution in [2.24, 2.45) is 0 Å². The Balaban J connectivity index is 1.74. The minimum absolute atomic E-state index is 0.0789. The number of hydrogen-bond donors (Lipinski definition) is 2. The molecule has 2 N–H and O–H groups in total. The van der Waals surface area contributed by atoms with Gasteiger partial charge in [0.05, 0.1) is 21.5 Å². The first-order valence-corrected chi connectivity index (χ1v) is 8.45. The van der Waals surface area contributed by atoms with Gasteiger partial charge in [-0.15, -0.1) is 11.3 Å². The third-order valence-electron chi connectivity index (χ3n) is 2.94. The molecule has 1 heterocycles. The van der Waals surface area contributed by atoms with Gasteiger partial charge in [0.1, 0.15) is 11.5 Å². The molecule has 0 aliphatic heterocycles. The van der Waals surface area contributed by atoms with Gasteiger partial charge in [-0.25, -0.2) is 4.98 Å². The van der Waals surface area contributed by atoms with Crippen molar-refractivity contribution >= 4 is 50.7 Å². The lowest BCUT2D eigenvalue weighted by Crippen LogP contribution is -2.02. The number of carbonyl (C=O) groups excluding carboxylic acids is 1. The van der Waals surface area contributed by atoms with Crippen molar-refractivity contribution < 1.29 is 15.0 Å². The van der Waals surface area contributed by atoms with E-state index < -0.39 is 0 Å². The summed E-state index contributed by atoms with van der Waals surface area (Å²) in [5.41, 5.74) is 0.995.